The van der Waals surface area contributed by atoms with E-state index in [1.165, 1.54) is 11.6 Å². The number of benzene rings is 1. The lowest BCUT2D eigenvalue weighted by Crippen LogP contribution is -2.31. The zero-order valence-corrected chi connectivity index (χ0v) is 17.2. The van der Waals surface area contributed by atoms with Gasteiger partial charge in [0, 0.05) is 28.6 Å². The molecule has 1 unspecified atom stereocenters. The summed E-state index contributed by atoms with van der Waals surface area (Å²) in [5, 5.41) is 18.3. The number of carbonyl (C=O) groups excluding carboxylic acids is 1. The highest BCUT2D eigenvalue weighted by molar-refractivity contribution is 7.15. The molecule has 146 valence electrons. The first-order chi connectivity index (χ1) is 13.1. The second-order valence-electron chi connectivity index (χ2n) is 8.45. The van der Waals surface area contributed by atoms with Crippen molar-refractivity contribution in [2.45, 2.75) is 46.6 Å². The lowest BCUT2D eigenvalue weighted by Gasteiger charge is -2.33. The van der Waals surface area contributed by atoms with Crippen molar-refractivity contribution in [2.75, 3.05) is 10.6 Å². The number of thiophene rings is 1. The van der Waals surface area contributed by atoms with Crippen LogP contribution in [0, 0.1) is 29.4 Å². The van der Waals surface area contributed by atoms with Crippen LogP contribution in [0.2, 0.25) is 0 Å². The van der Waals surface area contributed by atoms with E-state index in [1.54, 1.807) is 6.07 Å². The van der Waals surface area contributed by atoms with Crippen LogP contribution >= 0.6 is 11.3 Å². The fourth-order valence-corrected chi connectivity index (χ4v) is 4.90. The summed E-state index contributed by atoms with van der Waals surface area (Å²) in [5.41, 5.74) is 5.65. The van der Waals surface area contributed by atoms with E-state index in [1.807, 2.05) is 0 Å². The van der Waals surface area contributed by atoms with E-state index in [9.17, 15) is 14.9 Å². The van der Waals surface area contributed by atoms with Gasteiger partial charge < -0.3 is 10.6 Å². The summed E-state index contributed by atoms with van der Waals surface area (Å²) in [5.74, 6) is 0.0913. The maximum atomic E-state index is 13.1. The SMILES string of the molecule is Cc1cc2c(cc1C)NC(c1ccc([N+](=O)[O-])s1)C1=C(CC(C)(C)CC1=O)N2. The number of allylic oxidation sites excluding steroid dienone is 1. The van der Waals surface area contributed by atoms with Gasteiger partial charge >= 0.3 is 5.00 Å². The molecule has 6 nitrogen and oxygen atoms in total. The van der Waals surface area contributed by atoms with Gasteiger partial charge in [0.2, 0.25) is 0 Å². The smallest absolute Gasteiger partial charge is 0.324 e. The van der Waals surface area contributed by atoms with Gasteiger partial charge in [-0.25, -0.2) is 0 Å². The standard InChI is InChI=1S/C21H23N3O3S/c1-11-7-13-14(8-12(11)2)23-20(17-5-6-18(28-17)24(26)27)19-15(22-13)9-21(3,4)10-16(19)25/h5-8,20,22-23H,9-10H2,1-4H3. The Labute approximate surface area is 167 Å². The number of nitrogens with zero attached hydrogens (tertiary/aromatic N) is 1. The Morgan fingerprint density at radius 3 is 2.46 bits per heavy atom. The highest BCUT2D eigenvalue weighted by Crippen LogP contribution is 2.47. The molecule has 1 aliphatic carbocycles. The Balaban J connectivity index is 1.89. The predicted octanol–water partition coefficient (Wildman–Crippen LogP) is 5.50. The van der Waals surface area contributed by atoms with Crippen LogP contribution in [-0.4, -0.2) is 10.7 Å². The van der Waals surface area contributed by atoms with E-state index >= 15 is 0 Å². The lowest BCUT2D eigenvalue weighted by molar-refractivity contribution is -0.380. The molecule has 2 N–H and O–H groups in total. The van der Waals surface area contributed by atoms with Crippen LogP contribution in [0.3, 0.4) is 0 Å². The molecule has 0 spiro atoms. The first-order valence-electron chi connectivity index (χ1n) is 9.30. The zero-order valence-electron chi connectivity index (χ0n) is 16.4. The summed E-state index contributed by atoms with van der Waals surface area (Å²) in [4.78, 5) is 24.7. The number of carbonyl (C=O) groups is 1. The van der Waals surface area contributed by atoms with Gasteiger partial charge in [-0.05, 0) is 55.0 Å². The molecule has 1 aromatic heterocycles. The summed E-state index contributed by atoms with van der Waals surface area (Å²) >= 11 is 1.12. The van der Waals surface area contributed by atoms with E-state index in [0.29, 0.717) is 12.0 Å². The fraction of sp³-hybridized carbons (Fsp3) is 0.381. The molecule has 0 radical (unpaired) electrons. The van der Waals surface area contributed by atoms with Crippen LogP contribution in [0.1, 0.15) is 48.7 Å². The first kappa shape index (κ1) is 18.7. The van der Waals surface area contributed by atoms with Crippen LogP contribution in [0.4, 0.5) is 16.4 Å². The van der Waals surface area contributed by atoms with E-state index in [-0.39, 0.29) is 21.1 Å². The maximum Gasteiger partial charge on any atom is 0.324 e. The number of fused-ring (bicyclic) bond motifs is 1. The molecule has 28 heavy (non-hydrogen) atoms. The monoisotopic (exact) mass is 397 g/mol. The quantitative estimate of drug-likeness (QED) is 0.517. The van der Waals surface area contributed by atoms with Gasteiger partial charge in [0.1, 0.15) is 0 Å². The molecule has 1 atom stereocenters. The molecule has 0 amide bonds. The van der Waals surface area contributed by atoms with Crippen molar-refractivity contribution in [3.63, 3.8) is 0 Å². The average Bonchev–Trinajstić information content (AvgIpc) is 3.01. The molecular weight excluding hydrogens is 374 g/mol. The zero-order chi connectivity index (χ0) is 20.2. The largest absolute Gasteiger partial charge is 0.372 e. The van der Waals surface area contributed by atoms with Gasteiger partial charge in [-0.2, -0.15) is 0 Å². The summed E-state index contributed by atoms with van der Waals surface area (Å²) < 4.78 is 0. The molecule has 2 aliphatic rings. The average molecular weight is 398 g/mol. The molecule has 7 heteroatoms. The molecule has 0 fully saturated rings. The van der Waals surface area contributed by atoms with Crippen LogP contribution < -0.4 is 10.6 Å². The highest BCUT2D eigenvalue weighted by Gasteiger charge is 2.39. The number of rotatable bonds is 2. The molecule has 1 aliphatic heterocycles. The second-order valence-corrected chi connectivity index (χ2v) is 9.54. The molecule has 0 saturated heterocycles. The van der Waals surface area contributed by atoms with E-state index in [2.05, 4.69) is 50.5 Å². The highest BCUT2D eigenvalue weighted by atomic mass is 32.1. The van der Waals surface area contributed by atoms with Gasteiger partial charge in [0.25, 0.3) is 0 Å². The Morgan fingerprint density at radius 2 is 1.82 bits per heavy atom. The van der Waals surface area contributed by atoms with Gasteiger partial charge in [-0.15, -0.1) is 0 Å². The number of aryl methyl sites for hydroxylation is 2. The molecular formula is C21H23N3O3S. The Morgan fingerprint density at radius 1 is 1.14 bits per heavy atom. The Hall–Kier alpha value is -2.67. The van der Waals surface area contributed by atoms with Crippen LogP contribution in [0.15, 0.2) is 35.5 Å². The number of nitro groups is 1. The first-order valence-corrected chi connectivity index (χ1v) is 10.1. The molecule has 1 aromatic carbocycles. The van der Waals surface area contributed by atoms with Gasteiger partial charge in [0.05, 0.1) is 22.3 Å². The Bertz CT molecular complexity index is 1040. The minimum atomic E-state index is -0.395. The van der Waals surface area contributed by atoms with Gasteiger partial charge in [-0.3, -0.25) is 14.9 Å². The van der Waals surface area contributed by atoms with Crippen LogP contribution in [0.5, 0.6) is 0 Å². The molecule has 0 saturated carbocycles. The lowest BCUT2D eigenvalue weighted by atomic mass is 9.74. The normalized spacial score (nSPS) is 20.6. The van der Waals surface area contributed by atoms with E-state index in [4.69, 9.17) is 0 Å². The predicted molar refractivity (Wildman–Crippen MR) is 112 cm³/mol. The Kier molecular flexibility index (Phi) is 4.30. The summed E-state index contributed by atoms with van der Waals surface area (Å²) in [6.07, 6.45) is 1.22. The van der Waals surface area contributed by atoms with Crippen molar-refractivity contribution in [3.05, 3.63) is 61.7 Å². The number of Topliss-reactive ketones (excluding diaryl/α,β-unsaturated/α-hetero) is 1. The summed E-state index contributed by atoms with van der Waals surface area (Å²) in [7, 11) is 0. The summed E-state index contributed by atoms with van der Waals surface area (Å²) in [6.45, 7) is 8.31. The number of hydrogen-bond acceptors (Lipinski definition) is 6. The van der Waals surface area contributed by atoms with Crippen LogP contribution in [-0.2, 0) is 4.79 Å². The van der Waals surface area contributed by atoms with Crippen LogP contribution in [0.25, 0.3) is 0 Å². The van der Waals surface area contributed by atoms with Crippen molar-refractivity contribution in [2.24, 2.45) is 5.41 Å². The maximum absolute atomic E-state index is 13.1. The topological polar surface area (TPSA) is 84.3 Å². The summed E-state index contributed by atoms with van der Waals surface area (Å²) in [6, 6.07) is 7.03. The number of ketones is 1. The minimum absolute atomic E-state index is 0.0834. The third-order valence-electron chi connectivity index (χ3n) is 5.50. The van der Waals surface area contributed by atoms with Crippen molar-refractivity contribution < 1.29 is 9.72 Å². The van der Waals surface area contributed by atoms with E-state index < -0.39 is 6.04 Å². The van der Waals surface area contributed by atoms with Gasteiger partial charge in [0.15, 0.2) is 5.78 Å². The third kappa shape index (κ3) is 3.20. The van der Waals surface area contributed by atoms with E-state index in [0.717, 1.165) is 45.3 Å². The molecule has 0 bridgehead atoms. The third-order valence-corrected chi connectivity index (χ3v) is 6.61. The van der Waals surface area contributed by atoms with Gasteiger partial charge in [-0.1, -0.05) is 25.2 Å². The number of anilines is 2. The fourth-order valence-electron chi connectivity index (χ4n) is 4.02. The van der Waals surface area contributed by atoms with Crippen molar-refractivity contribution in [1.82, 2.24) is 0 Å². The number of hydrogen-bond donors (Lipinski definition) is 2. The minimum Gasteiger partial charge on any atom is -0.372 e. The van der Waals surface area contributed by atoms with Crippen molar-refractivity contribution >= 4 is 33.5 Å². The second kappa shape index (κ2) is 6.44. The number of nitrogens with one attached hydrogen (secondary N) is 2. The van der Waals surface area contributed by atoms with Crippen molar-refractivity contribution in [1.29, 1.82) is 0 Å². The molecule has 2 aromatic rings. The molecule has 2 heterocycles. The van der Waals surface area contributed by atoms with Crippen molar-refractivity contribution in [3.8, 4) is 0 Å². The molecule has 4 rings (SSSR count).